The van der Waals surface area contributed by atoms with E-state index in [9.17, 15) is 4.79 Å². The zero-order valence-corrected chi connectivity index (χ0v) is 10.2. The van der Waals surface area contributed by atoms with Gasteiger partial charge in [0.25, 0.3) is 0 Å². The van der Waals surface area contributed by atoms with Gasteiger partial charge >= 0.3 is 0 Å². The highest BCUT2D eigenvalue weighted by atomic mass is 79.9. The molecular weight excluding hydrogens is 228 g/mol. The smallest absolute Gasteiger partial charge is 0.143 e. The number of halogens is 1. The molecule has 13 heavy (non-hydrogen) atoms. The van der Waals surface area contributed by atoms with Crippen LogP contribution in [0.5, 0.6) is 0 Å². The van der Waals surface area contributed by atoms with Gasteiger partial charge in [0.2, 0.25) is 0 Å². The van der Waals surface area contributed by atoms with Crippen molar-refractivity contribution in [1.82, 2.24) is 0 Å². The molecular formula is C11H19BrO. The largest absolute Gasteiger partial charge is 0.299 e. The van der Waals surface area contributed by atoms with Crippen LogP contribution in [0.25, 0.3) is 0 Å². The minimum absolute atomic E-state index is 0.365. The molecule has 0 atom stereocenters. The molecule has 1 saturated carbocycles. The van der Waals surface area contributed by atoms with Crippen molar-refractivity contribution in [3.8, 4) is 0 Å². The summed E-state index contributed by atoms with van der Waals surface area (Å²) in [5, 5.41) is 0.535. The molecule has 1 nitrogen and oxygen atoms in total. The first-order chi connectivity index (χ1) is 6.03. The predicted octanol–water partition coefficient (Wildman–Crippen LogP) is 3.56. The van der Waals surface area contributed by atoms with Crippen molar-refractivity contribution in [3.63, 3.8) is 0 Å². The summed E-state index contributed by atoms with van der Waals surface area (Å²) in [7, 11) is 0. The van der Waals surface area contributed by atoms with Crippen LogP contribution in [-0.2, 0) is 4.79 Å². The van der Waals surface area contributed by atoms with Crippen LogP contribution in [0.2, 0.25) is 0 Å². The molecule has 0 saturated heterocycles. The van der Waals surface area contributed by atoms with Crippen LogP contribution in [0.4, 0.5) is 0 Å². The Balaban J connectivity index is 2.29. The maximum absolute atomic E-state index is 11.2. The second kappa shape index (κ2) is 4.59. The van der Waals surface area contributed by atoms with Crippen LogP contribution in [0.15, 0.2) is 0 Å². The molecule has 0 heterocycles. The third-order valence-corrected chi connectivity index (χ3v) is 3.75. The lowest BCUT2D eigenvalue weighted by Crippen LogP contribution is -2.23. The van der Waals surface area contributed by atoms with E-state index in [0.717, 1.165) is 6.42 Å². The summed E-state index contributed by atoms with van der Waals surface area (Å²) in [6, 6.07) is 0. The molecule has 0 radical (unpaired) electrons. The molecule has 0 aromatic heterocycles. The Hall–Kier alpha value is 0.150. The Kier molecular flexibility index (Phi) is 3.96. The summed E-state index contributed by atoms with van der Waals surface area (Å²) >= 11 is 3.21. The fourth-order valence-corrected chi connectivity index (χ4v) is 2.27. The predicted molar refractivity (Wildman–Crippen MR) is 59.2 cm³/mol. The maximum Gasteiger partial charge on any atom is 0.143 e. The number of hydrogen-bond acceptors (Lipinski definition) is 1. The van der Waals surface area contributed by atoms with Crippen molar-refractivity contribution in [3.05, 3.63) is 0 Å². The van der Waals surface area contributed by atoms with E-state index in [-0.39, 0.29) is 0 Å². The third kappa shape index (κ3) is 3.80. The lowest BCUT2D eigenvalue weighted by molar-refractivity contribution is -0.117. The molecule has 1 rings (SSSR count). The summed E-state index contributed by atoms with van der Waals surface area (Å²) in [6.07, 6.45) is 5.85. The highest BCUT2D eigenvalue weighted by Crippen LogP contribution is 2.39. The van der Waals surface area contributed by atoms with Gasteiger partial charge in [-0.2, -0.15) is 0 Å². The molecule has 0 amide bonds. The number of rotatable bonds is 3. The van der Waals surface area contributed by atoms with E-state index >= 15 is 0 Å². The van der Waals surface area contributed by atoms with Crippen molar-refractivity contribution < 1.29 is 4.79 Å². The van der Waals surface area contributed by atoms with Crippen LogP contribution in [0, 0.1) is 11.3 Å². The molecule has 2 heteroatoms. The summed E-state index contributed by atoms with van der Waals surface area (Å²) < 4.78 is 0. The van der Waals surface area contributed by atoms with Gasteiger partial charge in [0.15, 0.2) is 0 Å². The first-order valence-corrected chi connectivity index (χ1v) is 6.23. The van der Waals surface area contributed by atoms with Crippen LogP contribution in [-0.4, -0.2) is 11.1 Å². The first kappa shape index (κ1) is 11.2. The molecule has 0 aromatic carbocycles. The topological polar surface area (TPSA) is 17.1 Å². The molecule has 1 aliphatic carbocycles. The van der Waals surface area contributed by atoms with Crippen LogP contribution in [0.3, 0.4) is 0 Å². The molecule has 76 valence electrons. The molecule has 1 aliphatic rings. The SMILES string of the molecule is CC1(C)CCC(CC(=O)CBr)CC1. The van der Waals surface area contributed by atoms with Crippen molar-refractivity contribution in [2.45, 2.75) is 46.0 Å². The zero-order chi connectivity index (χ0) is 9.90. The van der Waals surface area contributed by atoms with Gasteiger partial charge in [0.05, 0.1) is 5.33 Å². The number of carbonyl (C=O) groups excluding carboxylic acids is 1. The maximum atomic E-state index is 11.2. The van der Waals surface area contributed by atoms with Crippen molar-refractivity contribution in [2.24, 2.45) is 11.3 Å². The fourth-order valence-electron chi connectivity index (χ4n) is 2.04. The average molecular weight is 247 g/mol. The molecule has 0 aromatic rings. The number of ketones is 1. The van der Waals surface area contributed by atoms with E-state index in [0.29, 0.717) is 22.4 Å². The summed E-state index contributed by atoms with van der Waals surface area (Å²) in [6.45, 7) is 4.66. The summed E-state index contributed by atoms with van der Waals surface area (Å²) in [5.74, 6) is 1.03. The van der Waals surface area contributed by atoms with E-state index in [1.165, 1.54) is 25.7 Å². The van der Waals surface area contributed by atoms with Gasteiger partial charge in [0.1, 0.15) is 5.78 Å². The molecule has 0 bridgehead atoms. The van der Waals surface area contributed by atoms with Gasteiger partial charge < -0.3 is 0 Å². The molecule has 0 unspecified atom stereocenters. The van der Waals surface area contributed by atoms with Gasteiger partial charge in [-0.1, -0.05) is 29.8 Å². The first-order valence-electron chi connectivity index (χ1n) is 5.11. The lowest BCUT2D eigenvalue weighted by Gasteiger charge is -2.33. The van der Waals surface area contributed by atoms with Crippen LogP contribution in [0.1, 0.15) is 46.0 Å². The number of alkyl halides is 1. The number of Topliss-reactive ketones (excluding diaryl/α,β-unsaturated/α-hetero) is 1. The van der Waals surface area contributed by atoms with E-state index in [1.807, 2.05) is 0 Å². The summed E-state index contributed by atoms with van der Waals surface area (Å²) in [4.78, 5) is 11.2. The van der Waals surface area contributed by atoms with Crippen molar-refractivity contribution in [1.29, 1.82) is 0 Å². The third-order valence-electron chi connectivity index (χ3n) is 3.12. The number of carbonyl (C=O) groups is 1. The van der Waals surface area contributed by atoms with E-state index < -0.39 is 0 Å². The summed E-state index contributed by atoms with van der Waals surface area (Å²) in [5.41, 5.74) is 0.522. The standard InChI is InChI=1S/C11H19BrO/c1-11(2)5-3-9(4-6-11)7-10(13)8-12/h9H,3-8H2,1-2H3. The van der Waals surface area contributed by atoms with Gasteiger partial charge in [-0.3, -0.25) is 4.79 Å². The molecule has 0 spiro atoms. The number of hydrogen-bond donors (Lipinski definition) is 0. The molecule has 0 aliphatic heterocycles. The quantitative estimate of drug-likeness (QED) is 0.697. The van der Waals surface area contributed by atoms with Gasteiger partial charge in [-0.15, -0.1) is 0 Å². The van der Waals surface area contributed by atoms with Crippen molar-refractivity contribution in [2.75, 3.05) is 5.33 Å². The van der Waals surface area contributed by atoms with Gasteiger partial charge in [-0.25, -0.2) is 0 Å². The molecule has 1 fully saturated rings. The lowest BCUT2D eigenvalue weighted by atomic mass is 9.72. The van der Waals surface area contributed by atoms with E-state index in [1.54, 1.807) is 0 Å². The second-order valence-electron chi connectivity index (χ2n) is 4.98. The van der Waals surface area contributed by atoms with Crippen molar-refractivity contribution >= 4 is 21.7 Å². The van der Waals surface area contributed by atoms with Crippen LogP contribution < -0.4 is 0 Å². The van der Waals surface area contributed by atoms with Gasteiger partial charge in [-0.05, 0) is 37.0 Å². The minimum atomic E-state index is 0.365. The Morgan fingerprint density at radius 1 is 1.38 bits per heavy atom. The van der Waals surface area contributed by atoms with Crippen LogP contribution >= 0.6 is 15.9 Å². The highest BCUT2D eigenvalue weighted by Gasteiger charge is 2.27. The zero-order valence-electron chi connectivity index (χ0n) is 8.61. The monoisotopic (exact) mass is 246 g/mol. The highest BCUT2D eigenvalue weighted by molar-refractivity contribution is 9.09. The van der Waals surface area contributed by atoms with Gasteiger partial charge in [0, 0.05) is 6.42 Å². The van der Waals surface area contributed by atoms with E-state index in [2.05, 4.69) is 29.8 Å². The average Bonchev–Trinajstić information content (AvgIpc) is 2.08. The fraction of sp³-hybridized carbons (Fsp3) is 0.909. The Bertz CT molecular complexity index is 177. The normalized spacial score (nSPS) is 23.0. The Morgan fingerprint density at radius 2 is 1.92 bits per heavy atom. The second-order valence-corrected chi connectivity index (χ2v) is 5.54. The Labute approximate surface area is 89.4 Å². The Morgan fingerprint density at radius 3 is 2.38 bits per heavy atom. The minimum Gasteiger partial charge on any atom is -0.299 e. The van der Waals surface area contributed by atoms with E-state index in [4.69, 9.17) is 0 Å². The molecule has 0 N–H and O–H groups in total.